The molecule has 10 nitrogen and oxygen atoms in total. The number of aromatic nitrogens is 3. The van der Waals surface area contributed by atoms with Crippen molar-refractivity contribution in [2.75, 3.05) is 18.4 Å². The monoisotopic (exact) mass is 490 g/mol. The van der Waals surface area contributed by atoms with Crippen molar-refractivity contribution in [3.05, 3.63) is 54.0 Å². The van der Waals surface area contributed by atoms with Crippen LogP contribution in [0.3, 0.4) is 0 Å². The van der Waals surface area contributed by atoms with Gasteiger partial charge in [-0.1, -0.05) is 0 Å². The first-order chi connectivity index (χ1) is 17.4. The molecule has 1 saturated carbocycles. The van der Waals surface area contributed by atoms with E-state index in [1.54, 1.807) is 31.2 Å². The molecule has 2 fully saturated rings. The van der Waals surface area contributed by atoms with Gasteiger partial charge < -0.3 is 19.4 Å². The first-order valence-electron chi connectivity index (χ1n) is 11.6. The highest BCUT2D eigenvalue weighted by molar-refractivity contribution is 5.93. The average molecular weight is 490 g/mol. The number of nitriles is 1. The van der Waals surface area contributed by atoms with Crippen LogP contribution in [0.2, 0.25) is 0 Å². The minimum absolute atomic E-state index is 0.0423. The first kappa shape index (κ1) is 23.4. The molecule has 184 valence electrons. The number of carbonyl (C=O) groups excluding carboxylic acids is 2. The molecule has 1 aliphatic heterocycles. The normalized spacial score (nSPS) is 19.4. The van der Waals surface area contributed by atoms with Crippen LogP contribution in [0.5, 0.6) is 5.75 Å². The number of piperidine rings is 1. The number of halogens is 1. The summed E-state index contributed by atoms with van der Waals surface area (Å²) in [6.07, 6.45) is 2.43. The van der Waals surface area contributed by atoms with Crippen molar-refractivity contribution in [3.63, 3.8) is 0 Å². The number of anilines is 1. The number of nitrogens with one attached hydrogen (secondary N) is 1. The van der Waals surface area contributed by atoms with Gasteiger partial charge in [-0.2, -0.15) is 5.26 Å². The predicted molar refractivity (Wildman–Crippen MR) is 125 cm³/mol. The molecule has 3 heterocycles. The van der Waals surface area contributed by atoms with E-state index in [4.69, 9.17) is 9.15 Å². The smallest absolute Gasteiger partial charge is 0.291 e. The van der Waals surface area contributed by atoms with Gasteiger partial charge in [0.05, 0.1) is 24.0 Å². The largest absolute Gasteiger partial charge is 0.486 e. The maximum Gasteiger partial charge on any atom is 0.291 e. The maximum absolute atomic E-state index is 15.0. The van der Waals surface area contributed by atoms with E-state index in [1.165, 1.54) is 17.4 Å². The molecule has 11 heteroatoms. The molecular formula is C25H23FN6O4. The molecular weight excluding hydrogens is 467 g/mol. The lowest BCUT2D eigenvalue weighted by atomic mass is 10.0. The van der Waals surface area contributed by atoms with Crippen LogP contribution in [0.1, 0.15) is 41.3 Å². The van der Waals surface area contributed by atoms with Crippen molar-refractivity contribution in [2.24, 2.45) is 5.92 Å². The van der Waals surface area contributed by atoms with E-state index >= 15 is 0 Å². The fourth-order valence-electron chi connectivity index (χ4n) is 4.02. The molecule has 1 aromatic carbocycles. The van der Waals surface area contributed by atoms with Gasteiger partial charge in [-0.15, -0.1) is 0 Å². The standard InChI is InChI=1S/C25H23FN6O4/c1-14-28-11-22(35-14)25(34)32-7-6-21(18(26)12-32)36-20-5-4-16(8-17(20)10-27)19-9-23(30-13-29-19)31-24(33)15-2-3-15/h4-5,8-9,11,13,15,18,21H,2-3,6-7,12H2,1H3,(H,29,30,31,33)/t18?,21-/m0/s1. The van der Waals surface area contributed by atoms with Crippen LogP contribution in [0.25, 0.3) is 11.3 Å². The van der Waals surface area contributed by atoms with Crippen LogP contribution in [-0.2, 0) is 4.79 Å². The van der Waals surface area contributed by atoms with Gasteiger partial charge >= 0.3 is 0 Å². The van der Waals surface area contributed by atoms with Gasteiger partial charge in [-0.3, -0.25) is 9.59 Å². The van der Waals surface area contributed by atoms with E-state index in [2.05, 4.69) is 26.3 Å². The second-order valence-corrected chi connectivity index (χ2v) is 8.83. The molecule has 0 spiro atoms. The zero-order valence-corrected chi connectivity index (χ0v) is 19.5. The molecule has 1 N–H and O–H groups in total. The number of ether oxygens (including phenoxy) is 1. The highest BCUT2D eigenvalue weighted by Gasteiger charge is 2.35. The zero-order valence-electron chi connectivity index (χ0n) is 19.5. The second kappa shape index (κ2) is 9.73. The number of nitrogens with zero attached hydrogens (tertiary/aromatic N) is 5. The van der Waals surface area contributed by atoms with E-state index in [0.717, 1.165) is 12.8 Å². The van der Waals surface area contributed by atoms with Gasteiger partial charge in [0.25, 0.3) is 5.91 Å². The summed E-state index contributed by atoms with van der Waals surface area (Å²) in [4.78, 5) is 38.2. The Bertz CT molecular complexity index is 1350. The minimum Gasteiger partial charge on any atom is -0.486 e. The number of alkyl halides is 1. The number of carbonyl (C=O) groups is 2. The van der Waals surface area contributed by atoms with E-state index < -0.39 is 18.2 Å². The van der Waals surface area contributed by atoms with Crippen LogP contribution < -0.4 is 10.1 Å². The Morgan fingerprint density at radius 3 is 2.75 bits per heavy atom. The molecule has 2 aliphatic rings. The Labute approximate surface area is 206 Å². The van der Waals surface area contributed by atoms with Gasteiger partial charge in [-0.25, -0.2) is 19.3 Å². The van der Waals surface area contributed by atoms with E-state index in [1.807, 2.05) is 0 Å². The summed E-state index contributed by atoms with van der Waals surface area (Å²) < 4.78 is 26.1. The molecule has 1 saturated heterocycles. The van der Waals surface area contributed by atoms with Gasteiger partial charge in [0.1, 0.15) is 30.1 Å². The van der Waals surface area contributed by atoms with Gasteiger partial charge in [0.15, 0.2) is 12.1 Å². The Morgan fingerprint density at radius 1 is 1.22 bits per heavy atom. The molecule has 2 aromatic heterocycles. The molecule has 2 atom stereocenters. The molecule has 0 radical (unpaired) electrons. The fourth-order valence-corrected chi connectivity index (χ4v) is 4.02. The average Bonchev–Trinajstić information content (AvgIpc) is 3.65. The molecule has 5 rings (SSSR count). The molecule has 3 aromatic rings. The highest BCUT2D eigenvalue weighted by atomic mass is 19.1. The predicted octanol–water partition coefficient (Wildman–Crippen LogP) is 3.29. The highest BCUT2D eigenvalue weighted by Crippen LogP contribution is 2.31. The third-order valence-electron chi connectivity index (χ3n) is 6.14. The molecule has 0 bridgehead atoms. The summed E-state index contributed by atoms with van der Waals surface area (Å²) in [5, 5.41) is 12.5. The van der Waals surface area contributed by atoms with Crippen molar-refractivity contribution in [2.45, 2.75) is 38.5 Å². The van der Waals surface area contributed by atoms with E-state index in [9.17, 15) is 19.2 Å². The van der Waals surface area contributed by atoms with Crippen molar-refractivity contribution in [1.82, 2.24) is 19.9 Å². The maximum atomic E-state index is 15.0. The summed E-state index contributed by atoms with van der Waals surface area (Å²) in [6, 6.07) is 8.63. The van der Waals surface area contributed by atoms with E-state index in [0.29, 0.717) is 23.0 Å². The quantitative estimate of drug-likeness (QED) is 0.556. The Morgan fingerprint density at radius 2 is 2.06 bits per heavy atom. The Kier molecular flexibility index (Phi) is 6.33. The van der Waals surface area contributed by atoms with Crippen molar-refractivity contribution in [3.8, 4) is 23.1 Å². The van der Waals surface area contributed by atoms with Crippen LogP contribution in [0, 0.1) is 24.2 Å². The van der Waals surface area contributed by atoms with Crippen LogP contribution in [0.4, 0.5) is 10.2 Å². The van der Waals surface area contributed by atoms with Crippen LogP contribution in [-0.4, -0.2) is 57.0 Å². The van der Waals surface area contributed by atoms with E-state index in [-0.39, 0.29) is 48.4 Å². The third-order valence-corrected chi connectivity index (χ3v) is 6.14. The SMILES string of the molecule is Cc1ncc(C(=O)N2CC[C@H](Oc3ccc(-c4cc(NC(=O)C5CC5)ncn4)cc3C#N)C(F)C2)o1. The number of amides is 2. The zero-order chi connectivity index (χ0) is 25.2. The number of oxazole rings is 1. The number of hydrogen-bond donors (Lipinski definition) is 1. The van der Waals surface area contributed by atoms with Crippen molar-refractivity contribution in [1.29, 1.82) is 5.26 Å². The lowest BCUT2D eigenvalue weighted by Crippen LogP contribution is -2.49. The topological polar surface area (TPSA) is 134 Å². The lowest BCUT2D eigenvalue weighted by molar-refractivity contribution is -0.117. The molecule has 1 aliphatic carbocycles. The van der Waals surface area contributed by atoms with Crippen LogP contribution in [0.15, 0.2) is 41.2 Å². The second-order valence-electron chi connectivity index (χ2n) is 8.83. The number of hydrogen-bond acceptors (Lipinski definition) is 8. The summed E-state index contributed by atoms with van der Waals surface area (Å²) in [6.45, 7) is 1.75. The third kappa shape index (κ3) is 5.02. The summed E-state index contributed by atoms with van der Waals surface area (Å²) in [7, 11) is 0. The molecule has 36 heavy (non-hydrogen) atoms. The minimum atomic E-state index is -1.45. The number of rotatable bonds is 6. The van der Waals surface area contributed by atoms with Gasteiger partial charge in [-0.05, 0) is 31.0 Å². The number of likely N-dealkylation sites (tertiary alicyclic amines) is 1. The van der Waals surface area contributed by atoms with Crippen LogP contribution >= 0.6 is 0 Å². The first-order valence-corrected chi connectivity index (χ1v) is 11.6. The Hall–Kier alpha value is -4.33. The van der Waals surface area contributed by atoms with Gasteiger partial charge in [0, 0.05) is 37.4 Å². The van der Waals surface area contributed by atoms with Crippen molar-refractivity contribution < 1.29 is 23.1 Å². The van der Waals surface area contributed by atoms with Gasteiger partial charge in [0.2, 0.25) is 11.7 Å². The fraction of sp³-hybridized carbons (Fsp3) is 0.360. The summed E-state index contributed by atoms with van der Waals surface area (Å²) >= 11 is 0. The molecule has 1 unspecified atom stereocenters. The number of aryl methyl sites for hydroxylation is 1. The summed E-state index contributed by atoms with van der Waals surface area (Å²) in [5.74, 6) is 0.625. The number of benzene rings is 1. The lowest BCUT2D eigenvalue weighted by Gasteiger charge is -2.34. The summed E-state index contributed by atoms with van der Waals surface area (Å²) in [5.41, 5.74) is 1.37. The molecule has 2 amide bonds. The Balaban J connectivity index is 1.26. The van der Waals surface area contributed by atoms with Crippen molar-refractivity contribution >= 4 is 17.6 Å².